The fourth-order valence-corrected chi connectivity index (χ4v) is 4.07. The number of halogens is 4. The predicted molar refractivity (Wildman–Crippen MR) is 101 cm³/mol. The molecule has 0 aliphatic rings. The Morgan fingerprint density at radius 1 is 1.15 bits per heavy atom. The Labute approximate surface area is 165 Å². The molecule has 1 N–H and O–H groups in total. The van der Waals surface area contributed by atoms with Gasteiger partial charge in [-0.05, 0) is 36.8 Å². The first-order chi connectivity index (χ1) is 12.5. The van der Waals surface area contributed by atoms with Crippen LogP contribution in [0.3, 0.4) is 0 Å². The van der Waals surface area contributed by atoms with Crippen molar-refractivity contribution in [3.63, 3.8) is 0 Å². The number of amides is 1. The number of carbonyl (C=O) groups is 1. The maximum Gasteiger partial charge on any atom is 0.243 e. The van der Waals surface area contributed by atoms with E-state index in [1.54, 1.807) is 12.1 Å². The lowest BCUT2D eigenvalue weighted by atomic mass is 10.2. The fraction of sp³-hybridized carbons (Fsp3) is 0.235. The average molecular weight is 437 g/mol. The highest BCUT2D eigenvalue weighted by molar-refractivity contribution is 7.92. The second kappa shape index (κ2) is 8.41. The van der Waals surface area contributed by atoms with Crippen molar-refractivity contribution in [2.24, 2.45) is 0 Å². The molecule has 0 fully saturated rings. The van der Waals surface area contributed by atoms with Crippen LogP contribution in [-0.2, 0) is 21.4 Å². The Morgan fingerprint density at radius 2 is 1.81 bits per heavy atom. The van der Waals surface area contributed by atoms with Crippen molar-refractivity contribution in [2.45, 2.75) is 19.5 Å². The van der Waals surface area contributed by atoms with E-state index in [-0.39, 0.29) is 12.2 Å². The zero-order valence-electron chi connectivity index (χ0n) is 14.3. The molecule has 146 valence electrons. The van der Waals surface area contributed by atoms with Gasteiger partial charge in [-0.2, -0.15) is 0 Å². The van der Waals surface area contributed by atoms with Gasteiger partial charge in [-0.1, -0.05) is 29.3 Å². The van der Waals surface area contributed by atoms with Crippen molar-refractivity contribution < 1.29 is 22.0 Å². The van der Waals surface area contributed by atoms with E-state index in [1.165, 1.54) is 13.0 Å². The molecule has 1 unspecified atom stereocenters. The van der Waals surface area contributed by atoms with E-state index >= 15 is 0 Å². The molecule has 0 saturated carbocycles. The van der Waals surface area contributed by atoms with E-state index in [4.69, 9.17) is 23.2 Å². The lowest BCUT2D eigenvalue weighted by molar-refractivity contribution is -0.122. The molecule has 10 heteroatoms. The number of nitrogens with one attached hydrogen (secondary N) is 1. The topological polar surface area (TPSA) is 66.5 Å². The van der Waals surface area contributed by atoms with Crippen LogP contribution in [-0.4, -0.2) is 26.6 Å². The molecular formula is C17H16Cl2F2N2O3S. The molecule has 0 saturated heterocycles. The molecule has 0 aromatic heterocycles. The first kappa shape index (κ1) is 21.4. The quantitative estimate of drug-likeness (QED) is 0.749. The van der Waals surface area contributed by atoms with Gasteiger partial charge >= 0.3 is 0 Å². The van der Waals surface area contributed by atoms with Gasteiger partial charge in [0, 0.05) is 22.7 Å². The summed E-state index contributed by atoms with van der Waals surface area (Å²) in [5.41, 5.74) is 0.420. The van der Waals surface area contributed by atoms with Gasteiger partial charge in [-0.3, -0.25) is 9.10 Å². The summed E-state index contributed by atoms with van der Waals surface area (Å²) in [5.74, 6) is -2.99. The highest BCUT2D eigenvalue weighted by Crippen LogP contribution is 2.24. The molecule has 2 aromatic carbocycles. The molecule has 2 rings (SSSR count). The van der Waals surface area contributed by atoms with Crippen molar-refractivity contribution in [2.75, 3.05) is 10.6 Å². The zero-order chi connectivity index (χ0) is 20.4. The number of hydrogen-bond acceptors (Lipinski definition) is 3. The molecule has 0 bridgehead atoms. The third kappa shape index (κ3) is 5.31. The Kier molecular flexibility index (Phi) is 6.67. The van der Waals surface area contributed by atoms with E-state index in [0.29, 0.717) is 19.9 Å². The van der Waals surface area contributed by atoms with Crippen LogP contribution in [0.15, 0.2) is 36.4 Å². The lowest BCUT2D eigenvalue weighted by Gasteiger charge is -2.28. The van der Waals surface area contributed by atoms with Crippen LogP contribution in [0.25, 0.3) is 0 Å². The molecule has 0 heterocycles. The molecule has 0 aliphatic heterocycles. The van der Waals surface area contributed by atoms with Crippen molar-refractivity contribution in [3.05, 3.63) is 63.6 Å². The van der Waals surface area contributed by atoms with Gasteiger partial charge in [-0.15, -0.1) is 0 Å². The van der Waals surface area contributed by atoms with Crippen LogP contribution < -0.4 is 9.62 Å². The smallest absolute Gasteiger partial charge is 0.243 e. The first-order valence-corrected chi connectivity index (χ1v) is 10.3. The Bertz CT molecular complexity index is 971. The number of carbonyl (C=O) groups excluding carboxylic acids is 1. The maximum absolute atomic E-state index is 13.5. The van der Waals surface area contributed by atoms with Gasteiger partial charge in [0.15, 0.2) is 11.6 Å². The van der Waals surface area contributed by atoms with Gasteiger partial charge < -0.3 is 5.32 Å². The van der Waals surface area contributed by atoms with Crippen LogP contribution >= 0.6 is 23.2 Å². The number of anilines is 1. The molecule has 0 aliphatic carbocycles. The van der Waals surface area contributed by atoms with E-state index in [0.717, 1.165) is 24.5 Å². The minimum Gasteiger partial charge on any atom is -0.350 e. The molecule has 0 radical (unpaired) electrons. The third-order valence-electron chi connectivity index (χ3n) is 3.71. The standard InChI is InChI=1S/C17H16Cl2F2N2O3S/c1-10(17(24)22-9-11-3-4-12(18)7-14(11)19)23(27(2,25)26)13-5-6-15(20)16(21)8-13/h3-8,10H,9H2,1-2H3,(H,22,24). The summed E-state index contributed by atoms with van der Waals surface area (Å²) in [6.07, 6.45) is 0.869. The fourth-order valence-electron chi connectivity index (χ4n) is 2.43. The van der Waals surface area contributed by atoms with Crippen LogP contribution in [0.5, 0.6) is 0 Å². The highest BCUT2D eigenvalue weighted by Gasteiger charge is 2.29. The molecule has 0 spiro atoms. The Hall–Kier alpha value is -1.90. The van der Waals surface area contributed by atoms with Crippen LogP contribution in [0, 0.1) is 11.6 Å². The van der Waals surface area contributed by atoms with Gasteiger partial charge in [0.1, 0.15) is 6.04 Å². The summed E-state index contributed by atoms with van der Waals surface area (Å²) in [7, 11) is -3.95. The van der Waals surface area contributed by atoms with E-state index in [2.05, 4.69) is 5.32 Å². The molecule has 5 nitrogen and oxygen atoms in total. The molecule has 1 atom stereocenters. The highest BCUT2D eigenvalue weighted by atomic mass is 35.5. The number of benzene rings is 2. The minimum atomic E-state index is -3.95. The van der Waals surface area contributed by atoms with Crippen molar-refractivity contribution >= 4 is 44.8 Å². The molecule has 27 heavy (non-hydrogen) atoms. The number of hydrogen-bond donors (Lipinski definition) is 1. The Morgan fingerprint density at radius 3 is 2.37 bits per heavy atom. The van der Waals surface area contributed by atoms with Gasteiger partial charge in [-0.25, -0.2) is 17.2 Å². The summed E-state index contributed by atoms with van der Waals surface area (Å²) < 4.78 is 51.6. The molecule has 2 aromatic rings. The van der Waals surface area contributed by atoms with E-state index < -0.39 is 33.6 Å². The van der Waals surface area contributed by atoms with Crippen LogP contribution in [0.4, 0.5) is 14.5 Å². The third-order valence-corrected chi connectivity index (χ3v) is 5.54. The zero-order valence-corrected chi connectivity index (χ0v) is 16.7. The largest absolute Gasteiger partial charge is 0.350 e. The predicted octanol–water partition coefficient (Wildman–Crippen LogP) is 3.74. The second-order valence-corrected chi connectivity index (χ2v) is 8.49. The van der Waals surface area contributed by atoms with Crippen molar-refractivity contribution in [1.29, 1.82) is 0 Å². The maximum atomic E-state index is 13.5. The molecule has 1 amide bonds. The monoisotopic (exact) mass is 436 g/mol. The molecular weight excluding hydrogens is 421 g/mol. The van der Waals surface area contributed by atoms with Gasteiger partial charge in [0.25, 0.3) is 0 Å². The summed E-state index contributed by atoms with van der Waals surface area (Å²) in [5, 5.41) is 3.35. The second-order valence-electron chi connectivity index (χ2n) is 5.79. The first-order valence-electron chi connectivity index (χ1n) is 7.67. The van der Waals surface area contributed by atoms with Crippen LogP contribution in [0.2, 0.25) is 10.0 Å². The number of sulfonamides is 1. The van der Waals surface area contributed by atoms with E-state index in [1.807, 2.05) is 0 Å². The van der Waals surface area contributed by atoms with Gasteiger partial charge in [0.05, 0.1) is 11.9 Å². The van der Waals surface area contributed by atoms with E-state index in [9.17, 15) is 22.0 Å². The SMILES string of the molecule is CC(C(=O)NCc1ccc(Cl)cc1Cl)N(c1ccc(F)c(F)c1)S(C)(=O)=O. The number of nitrogens with zero attached hydrogens (tertiary/aromatic N) is 1. The number of rotatable bonds is 6. The lowest BCUT2D eigenvalue weighted by Crippen LogP contribution is -2.47. The summed E-state index contributed by atoms with van der Waals surface area (Å²) in [6.45, 7) is 1.37. The van der Waals surface area contributed by atoms with Crippen LogP contribution in [0.1, 0.15) is 12.5 Å². The normalized spacial score (nSPS) is 12.5. The minimum absolute atomic E-state index is 0.0363. The summed E-state index contributed by atoms with van der Waals surface area (Å²) in [6, 6.07) is 6.12. The van der Waals surface area contributed by atoms with Crippen molar-refractivity contribution in [1.82, 2.24) is 5.32 Å². The Balaban J connectivity index is 2.23. The summed E-state index contributed by atoms with van der Waals surface area (Å²) >= 11 is 11.8. The van der Waals surface area contributed by atoms with Crippen molar-refractivity contribution in [3.8, 4) is 0 Å². The van der Waals surface area contributed by atoms with Gasteiger partial charge in [0.2, 0.25) is 15.9 Å². The summed E-state index contributed by atoms with van der Waals surface area (Å²) in [4.78, 5) is 12.5. The average Bonchev–Trinajstić information content (AvgIpc) is 2.56.